The molecule has 262 valence electrons. The van der Waals surface area contributed by atoms with Crippen LogP contribution in [0.5, 0.6) is 0 Å². The van der Waals surface area contributed by atoms with Crippen LogP contribution in [0.1, 0.15) is 96.8 Å². The predicted molar refractivity (Wildman–Crippen MR) is 173 cm³/mol. The molecule has 7 rings (SSSR count). The maximum Gasteiger partial charge on any atom is 0.302 e. The predicted octanol–water partition coefficient (Wildman–Crippen LogP) is 4.02. The molecule has 2 aliphatic heterocycles. The molecule has 0 radical (unpaired) electrons. The van der Waals surface area contributed by atoms with Gasteiger partial charge in [0.05, 0.1) is 49.4 Å². The molecular weight excluding hydrogens is 584 g/mol. The van der Waals surface area contributed by atoms with E-state index in [1.807, 2.05) is 7.11 Å². The number of methoxy groups -OCH3 is 2. The Hall–Kier alpha value is -0.810. The fourth-order valence-corrected chi connectivity index (χ4v) is 12.9. The van der Waals surface area contributed by atoms with Gasteiger partial charge >= 0.3 is 5.97 Å². The third-order valence-corrected chi connectivity index (χ3v) is 14.6. The van der Waals surface area contributed by atoms with Crippen LogP contribution >= 0.6 is 0 Å². The van der Waals surface area contributed by atoms with Gasteiger partial charge in [0.15, 0.2) is 0 Å². The van der Waals surface area contributed by atoms with E-state index in [2.05, 4.69) is 5.32 Å². The third kappa shape index (κ3) is 6.33. The minimum Gasteiger partial charge on any atom is -0.465 e. The van der Waals surface area contributed by atoms with Gasteiger partial charge in [0.2, 0.25) is 0 Å². The first kappa shape index (κ1) is 33.7. The lowest BCUT2D eigenvalue weighted by molar-refractivity contribution is -0.191. The van der Waals surface area contributed by atoms with Crippen LogP contribution in [0.2, 0.25) is 0 Å². The number of ether oxygens (including phenoxy) is 4. The van der Waals surface area contributed by atoms with Crippen LogP contribution in [0.25, 0.3) is 0 Å². The summed E-state index contributed by atoms with van der Waals surface area (Å²) in [5, 5.41) is 25.2. The molecule has 5 saturated carbocycles. The van der Waals surface area contributed by atoms with Crippen molar-refractivity contribution >= 4 is 5.97 Å². The van der Waals surface area contributed by atoms with E-state index < -0.39 is 6.10 Å². The maximum absolute atomic E-state index is 12.1. The number of nitrogens with two attached hydrogens (primary N) is 1. The summed E-state index contributed by atoms with van der Waals surface area (Å²) in [6, 6.07) is 0. The Morgan fingerprint density at radius 3 is 2.43 bits per heavy atom. The SMILES string of the molecule is COC1CC(C2OC3C(CCC4C5C(CC(O)CC5OC)CC5(CCC(CC6CCC(N)NC6)C5)C43)C2COC(C)=O)CCC1O. The van der Waals surface area contributed by atoms with E-state index in [-0.39, 0.29) is 59.9 Å². The van der Waals surface area contributed by atoms with Crippen molar-refractivity contribution in [1.82, 2.24) is 5.32 Å². The number of esters is 1. The molecule has 46 heavy (non-hydrogen) atoms. The second kappa shape index (κ2) is 13.8. The van der Waals surface area contributed by atoms with Crippen molar-refractivity contribution < 1.29 is 34.0 Å². The summed E-state index contributed by atoms with van der Waals surface area (Å²) >= 11 is 0. The number of piperidine rings is 1. The van der Waals surface area contributed by atoms with E-state index in [1.54, 1.807) is 7.11 Å². The van der Waals surface area contributed by atoms with E-state index >= 15 is 0 Å². The van der Waals surface area contributed by atoms with Crippen molar-refractivity contribution in [3.63, 3.8) is 0 Å². The van der Waals surface area contributed by atoms with E-state index in [1.165, 1.54) is 45.4 Å². The van der Waals surface area contributed by atoms with Gasteiger partial charge in [-0.05, 0) is 149 Å². The largest absolute Gasteiger partial charge is 0.465 e. The van der Waals surface area contributed by atoms with Gasteiger partial charge in [-0.25, -0.2) is 0 Å². The Labute approximate surface area is 276 Å². The molecular formula is C37H62N2O7. The van der Waals surface area contributed by atoms with Crippen molar-refractivity contribution in [1.29, 1.82) is 0 Å². The van der Waals surface area contributed by atoms with Crippen LogP contribution in [-0.2, 0) is 23.7 Å². The lowest BCUT2D eigenvalue weighted by Crippen LogP contribution is -2.59. The van der Waals surface area contributed by atoms with Gasteiger partial charge in [-0.3, -0.25) is 4.79 Å². The van der Waals surface area contributed by atoms with Gasteiger partial charge in [0, 0.05) is 27.1 Å². The summed E-state index contributed by atoms with van der Waals surface area (Å²) in [7, 11) is 3.55. The molecule has 0 bridgehead atoms. The first-order chi connectivity index (χ1) is 22.2. The smallest absolute Gasteiger partial charge is 0.302 e. The van der Waals surface area contributed by atoms with Crippen LogP contribution in [0.3, 0.4) is 0 Å². The number of hydrogen-bond acceptors (Lipinski definition) is 9. The number of nitrogens with one attached hydrogen (secondary N) is 1. The Kier molecular flexibility index (Phi) is 10.1. The summed E-state index contributed by atoms with van der Waals surface area (Å²) in [6.45, 7) is 2.97. The zero-order valence-corrected chi connectivity index (χ0v) is 28.6. The number of fused-ring (bicyclic) bond motifs is 6. The first-order valence-electron chi connectivity index (χ1n) is 18.9. The Morgan fingerprint density at radius 1 is 0.891 bits per heavy atom. The number of aliphatic hydroxyl groups is 2. The molecule has 7 fully saturated rings. The molecule has 2 saturated heterocycles. The molecule has 7 aliphatic rings. The van der Waals surface area contributed by atoms with E-state index in [0.29, 0.717) is 42.1 Å². The average molecular weight is 647 g/mol. The summed E-state index contributed by atoms with van der Waals surface area (Å²) in [5.74, 6) is 3.97. The van der Waals surface area contributed by atoms with Crippen LogP contribution < -0.4 is 11.1 Å². The highest BCUT2D eigenvalue weighted by Crippen LogP contribution is 2.68. The van der Waals surface area contributed by atoms with Gasteiger partial charge in [0.25, 0.3) is 0 Å². The summed E-state index contributed by atoms with van der Waals surface area (Å²) in [5.41, 5.74) is 6.38. The number of aliphatic hydroxyl groups excluding tert-OH is 2. The second-order valence-corrected chi connectivity index (χ2v) is 17.0. The number of rotatable bonds is 7. The van der Waals surface area contributed by atoms with Crippen LogP contribution in [0.15, 0.2) is 0 Å². The number of carbonyl (C=O) groups is 1. The highest BCUT2D eigenvalue weighted by Gasteiger charge is 2.65. The van der Waals surface area contributed by atoms with Crippen molar-refractivity contribution in [3.8, 4) is 0 Å². The number of carbonyl (C=O) groups excluding carboxylic acids is 1. The Morgan fingerprint density at radius 2 is 1.70 bits per heavy atom. The molecule has 0 aromatic rings. The quantitative estimate of drug-likeness (QED) is 0.303. The van der Waals surface area contributed by atoms with Crippen molar-refractivity contribution in [2.75, 3.05) is 27.4 Å². The molecule has 2 heterocycles. The molecule has 9 heteroatoms. The van der Waals surface area contributed by atoms with Crippen molar-refractivity contribution in [2.24, 2.45) is 64.4 Å². The topological polar surface area (TPSA) is 132 Å². The Bertz CT molecular complexity index is 1050. The highest BCUT2D eigenvalue weighted by molar-refractivity contribution is 5.65. The molecule has 0 aromatic heterocycles. The van der Waals surface area contributed by atoms with Crippen molar-refractivity contribution in [3.05, 3.63) is 0 Å². The van der Waals surface area contributed by atoms with Crippen LogP contribution in [-0.4, -0.2) is 86.3 Å². The molecule has 5 N–H and O–H groups in total. The molecule has 0 amide bonds. The lowest BCUT2D eigenvalue weighted by Gasteiger charge is -2.61. The summed E-state index contributed by atoms with van der Waals surface area (Å²) in [4.78, 5) is 12.1. The molecule has 1 spiro atoms. The fourth-order valence-electron chi connectivity index (χ4n) is 12.9. The van der Waals surface area contributed by atoms with Crippen molar-refractivity contribution in [2.45, 2.75) is 140 Å². The van der Waals surface area contributed by atoms with Gasteiger partial charge in [-0.15, -0.1) is 0 Å². The highest BCUT2D eigenvalue weighted by atomic mass is 16.5. The summed E-state index contributed by atoms with van der Waals surface area (Å²) < 4.78 is 25.2. The zero-order valence-electron chi connectivity index (χ0n) is 28.6. The van der Waals surface area contributed by atoms with Gasteiger partial charge in [-0.2, -0.15) is 0 Å². The fraction of sp³-hybridized carbons (Fsp3) is 0.973. The molecule has 5 aliphatic carbocycles. The summed E-state index contributed by atoms with van der Waals surface area (Å²) in [6.07, 6.45) is 14.4. The van der Waals surface area contributed by atoms with E-state index in [0.717, 1.165) is 63.8 Å². The molecule has 9 nitrogen and oxygen atoms in total. The van der Waals surface area contributed by atoms with Gasteiger partial charge in [-0.1, -0.05) is 0 Å². The molecule has 17 atom stereocenters. The molecule has 17 unspecified atom stereocenters. The maximum atomic E-state index is 12.1. The third-order valence-electron chi connectivity index (χ3n) is 14.6. The zero-order chi connectivity index (χ0) is 32.2. The van der Waals surface area contributed by atoms with Crippen LogP contribution in [0.4, 0.5) is 0 Å². The van der Waals surface area contributed by atoms with E-state index in [4.69, 9.17) is 24.7 Å². The Balaban J connectivity index is 1.19. The van der Waals surface area contributed by atoms with Crippen LogP contribution in [0, 0.1) is 58.7 Å². The second-order valence-electron chi connectivity index (χ2n) is 17.0. The minimum absolute atomic E-state index is 0.00847. The number of hydrogen-bond donors (Lipinski definition) is 4. The standard InChI is InChI=1S/C37H62N2O7/c1-20(40)45-19-28-26-6-7-27-33-24(13-25(41)15-31(33)44-3)17-37(11-10-21(16-37)12-22-4-9-32(38)39-18-22)34(27)36(26)46-35(28)23-5-8-29(42)30(14-23)43-2/h21-36,39,41-42H,4-19,38H2,1-3H3. The van der Waals surface area contributed by atoms with Gasteiger partial charge < -0.3 is 40.2 Å². The average Bonchev–Trinajstić information content (AvgIpc) is 3.61. The normalized spacial score (nSPS) is 52.1. The molecule has 0 aromatic carbocycles. The lowest BCUT2D eigenvalue weighted by atomic mass is 9.45. The van der Waals surface area contributed by atoms with E-state index in [9.17, 15) is 15.0 Å². The first-order valence-corrected chi connectivity index (χ1v) is 18.9. The monoisotopic (exact) mass is 646 g/mol. The van der Waals surface area contributed by atoms with Gasteiger partial charge in [0.1, 0.15) is 0 Å². The minimum atomic E-state index is -0.432.